The largest absolute Gasteiger partial charge is 0.481 e. The summed E-state index contributed by atoms with van der Waals surface area (Å²) in [5, 5.41) is 0.424. The van der Waals surface area contributed by atoms with Crippen molar-refractivity contribution in [2.75, 3.05) is 20.3 Å². The highest BCUT2D eigenvalue weighted by Crippen LogP contribution is 2.38. The van der Waals surface area contributed by atoms with Gasteiger partial charge in [-0.1, -0.05) is 64.4 Å². The van der Waals surface area contributed by atoms with E-state index in [-0.39, 0.29) is 34.6 Å². The number of benzene rings is 1. The molecule has 0 aliphatic carbocycles. The van der Waals surface area contributed by atoms with Gasteiger partial charge in [-0.15, -0.1) is 0 Å². The van der Waals surface area contributed by atoms with Crippen LogP contribution in [0.1, 0.15) is 74.6 Å². The van der Waals surface area contributed by atoms with Gasteiger partial charge in [0, 0.05) is 11.8 Å². The van der Waals surface area contributed by atoms with Gasteiger partial charge in [-0.25, -0.2) is 4.79 Å². The number of hydrogen-bond acceptors (Lipinski definition) is 6. The molecule has 1 atom stereocenters. The van der Waals surface area contributed by atoms with E-state index >= 15 is 0 Å². The number of aryl methyl sites for hydroxylation is 3. The predicted molar refractivity (Wildman–Crippen MR) is 164 cm³/mol. The van der Waals surface area contributed by atoms with Crippen LogP contribution in [-0.2, 0) is 22.0 Å². The normalized spacial score (nSPS) is 13.1. The summed E-state index contributed by atoms with van der Waals surface area (Å²) in [6, 6.07) is 10.1. The molecule has 0 spiro atoms. The minimum absolute atomic E-state index is 0.00350. The summed E-state index contributed by atoms with van der Waals surface area (Å²) in [6.45, 7) is 19.7. The van der Waals surface area contributed by atoms with E-state index in [2.05, 4.69) is 78.9 Å². The zero-order valence-electron chi connectivity index (χ0n) is 25.9. The number of nitrogens with zero attached hydrogens (tertiary/aromatic N) is 2. The van der Waals surface area contributed by atoms with Crippen molar-refractivity contribution >= 4 is 25.3 Å². The number of esters is 1. The Bertz CT molecular complexity index is 1390. The number of hydrogen-bond donors (Lipinski definition) is 0. The van der Waals surface area contributed by atoms with Gasteiger partial charge in [0.25, 0.3) is 0 Å². The zero-order chi connectivity index (χ0) is 29.8. The first-order chi connectivity index (χ1) is 18.7. The predicted octanol–water partition coefficient (Wildman–Crippen LogP) is 6.89. The van der Waals surface area contributed by atoms with Crippen molar-refractivity contribution in [3.63, 3.8) is 0 Å². The second-order valence-electron chi connectivity index (χ2n) is 12.4. The Hall–Kier alpha value is -2.97. The maximum atomic E-state index is 13.7. The van der Waals surface area contributed by atoms with Crippen LogP contribution < -0.4 is 10.2 Å². The molecule has 3 rings (SSSR count). The molecule has 0 bridgehead atoms. The molecule has 2 aromatic heterocycles. The van der Waals surface area contributed by atoms with Crippen molar-refractivity contribution < 1.29 is 18.7 Å². The van der Waals surface area contributed by atoms with Gasteiger partial charge in [0.2, 0.25) is 11.3 Å². The van der Waals surface area contributed by atoms with Gasteiger partial charge in [-0.05, 0) is 62.4 Å². The maximum Gasteiger partial charge on any atom is 0.343 e. The van der Waals surface area contributed by atoms with Gasteiger partial charge in [0.15, 0.2) is 8.32 Å². The first kappa shape index (κ1) is 31.6. The van der Waals surface area contributed by atoms with Gasteiger partial charge in [0.1, 0.15) is 11.2 Å². The molecule has 3 aromatic rings. The monoisotopic (exact) mass is 566 g/mol. The van der Waals surface area contributed by atoms with E-state index in [4.69, 9.17) is 18.9 Å². The van der Waals surface area contributed by atoms with Gasteiger partial charge in [-0.3, -0.25) is 4.79 Å². The fourth-order valence-electron chi connectivity index (χ4n) is 4.40. The molecule has 0 fully saturated rings. The number of rotatable bonds is 11. The number of carbonyl (C=O) groups excluding carboxylic acids is 1. The summed E-state index contributed by atoms with van der Waals surface area (Å²) in [7, 11) is -0.461. The molecule has 0 radical (unpaired) electrons. The first-order valence-corrected chi connectivity index (χ1v) is 17.1. The Morgan fingerprint density at radius 1 is 1.10 bits per heavy atom. The molecule has 0 amide bonds. The molecule has 0 saturated carbocycles. The van der Waals surface area contributed by atoms with Crippen LogP contribution in [0.25, 0.3) is 11.0 Å². The molecule has 40 heavy (non-hydrogen) atoms. The van der Waals surface area contributed by atoms with E-state index in [1.54, 1.807) is 20.2 Å². The Balaban J connectivity index is 2.17. The Labute approximate surface area is 240 Å². The molecule has 2 heterocycles. The fraction of sp³-hybridized carbons (Fsp3) is 0.531. The van der Waals surface area contributed by atoms with Gasteiger partial charge < -0.3 is 18.5 Å². The minimum Gasteiger partial charge on any atom is -0.481 e. The van der Waals surface area contributed by atoms with Crippen LogP contribution >= 0.6 is 0 Å². The molecular formula is C32H46N2O5Si. The molecule has 7 nitrogen and oxygen atoms in total. The average molecular weight is 567 g/mol. The third kappa shape index (κ3) is 7.02. The van der Waals surface area contributed by atoms with Crippen molar-refractivity contribution in [3.8, 4) is 5.88 Å². The van der Waals surface area contributed by atoms with Crippen LogP contribution in [0.2, 0.25) is 18.1 Å². The average Bonchev–Trinajstić information content (AvgIpc) is 2.88. The van der Waals surface area contributed by atoms with E-state index < -0.39 is 14.3 Å². The highest BCUT2D eigenvalue weighted by atomic mass is 28.4. The summed E-state index contributed by atoms with van der Waals surface area (Å²) >= 11 is 0. The molecular weight excluding hydrogens is 520 g/mol. The van der Waals surface area contributed by atoms with Crippen LogP contribution in [0.5, 0.6) is 5.88 Å². The molecule has 0 aliphatic heterocycles. The Morgan fingerprint density at radius 2 is 1.75 bits per heavy atom. The quantitative estimate of drug-likeness (QED) is 0.186. The summed E-state index contributed by atoms with van der Waals surface area (Å²) < 4.78 is 19.6. The van der Waals surface area contributed by atoms with Crippen LogP contribution in [0.15, 0.2) is 41.3 Å². The number of aromatic nitrogens is 2. The third-order valence-corrected chi connectivity index (χ3v) is 12.6. The maximum absolute atomic E-state index is 13.7. The first-order valence-electron chi connectivity index (χ1n) is 14.2. The lowest BCUT2D eigenvalue weighted by molar-refractivity contribution is 0.0523. The van der Waals surface area contributed by atoms with Crippen molar-refractivity contribution in [2.24, 2.45) is 5.92 Å². The van der Waals surface area contributed by atoms with E-state index in [1.807, 2.05) is 10.6 Å². The molecule has 0 saturated heterocycles. The van der Waals surface area contributed by atoms with Crippen molar-refractivity contribution in [3.05, 3.63) is 69.0 Å². The van der Waals surface area contributed by atoms with Crippen LogP contribution in [0.4, 0.5) is 0 Å². The highest BCUT2D eigenvalue weighted by Gasteiger charge is 2.38. The van der Waals surface area contributed by atoms with Crippen molar-refractivity contribution in [1.82, 2.24) is 9.55 Å². The number of ether oxygens (including phenoxy) is 2. The lowest BCUT2D eigenvalue weighted by Gasteiger charge is -2.38. The van der Waals surface area contributed by atoms with E-state index in [0.29, 0.717) is 29.9 Å². The topological polar surface area (TPSA) is 79.7 Å². The summed E-state index contributed by atoms with van der Waals surface area (Å²) in [5.74, 6) is -0.0167. The lowest BCUT2D eigenvalue weighted by Crippen LogP contribution is -2.42. The SMILES string of the molecule is CCOC(=O)c1cn([C@H](CO[Si](C)(C)C(C)(C)C)C(C)C)c2nc(OC)c(CCc3ccc(C)cc3)cc2c1=O. The third-order valence-electron chi connectivity index (χ3n) is 8.08. The van der Waals surface area contributed by atoms with Crippen molar-refractivity contribution in [1.29, 1.82) is 0 Å². The summed E-state index contributed by atoms with van der Waals surface area (Å²) in [5.41, 5.74) is 3.31. The van der Waals surface area contributed by atoms with Gasteiger partial charge in [-0.2, -0.15) is 4.98 Å². The second kappa shape index (κ2) is 12.7. The summed E-state index contributed by atoms with van der Waals surface area (Å²) in [6.07, 6.45) is 3.01. The molecule has 0 unspecified atom stereocenters. The molecule has 8 heteroatoms. The Morgan fingerprint density at radius 3 is 2.30 bits per heavy atom. The van der Waals surface area contributed by atoms with E-state index in [1.165, 1.54) is 11.1 Å². The standard InChI is InChI=1S/C32H46N2O5Si/c1-11-38-31(36)26-19-34(27(21(2)3)20-39-40(9,10)32(5,6)7)29-25(28(26)35)18-24(30(33-29)37-8)17-16-23-14-12-22(4)13-15-23/h12-15,18-19,21,27H,11,16-17,20H2,1-10H3/t27-/m1/s1. The number of fused-ring (bicyclic) bond motifs is 1. The van der Waals surface area contributed by atoms with Crippen LogP contribution in [0, 0.1) is 12.8 Å². The molecule has 1 aromatic carbocycles. The van der Waals surface area contributed by atoms with Gasteiger partial charge in [0.05, 0.1) is 31.8 Å². The lowest BCUT2D eigenvalue weighted by atomic mass is 10.0. The number of carbonyl (C=O) groups is 1. The highest BCUT2D eigenvalue weighted by molar-refractivity contribution is 6.74. The minimum atomic E-state index is -2.06. The zero-order valence-corrected chi connectivity index (χ0v) is 26.9. The van der Waals surface area contributed by atoms with Crippen LogP contribution in [0.3, 0.4) is 0 Å². The molecule has 218 valence electrons. The summed E-state index contributed by atoms with van der Waals surface area (Å²) in [4.78, 5) is 31.5. The second-order valence-corrected chi connectivity index (χ2v) is 17.2. The van der Waals surface area contributed by atoms with E-state index in [0.717, 1.165) is 12.0 Å². The molecule has 0 aliphatic rings. The molecule has 0 N–H and O–H groups in total. The smallest absolute Gasteiger partial charge is 0.343 e. The van der Waals surface area contributed by atoms with Crippen molar-refractivity contribution in [2.45, 2.75) is 85.5 Å². The number of pyridine rings is 2. The fourth-order valence-corrected chi connectivity index (χ4v) is 5.42. The Kier molecular flexibility index (Phi) is 10.0. The number of methoxy groups -OCH3 is 1. The van der Waals surface area contributed by atoms with Crippen LogP contribution in [-0.4, -0.2) is 44.2 Å². The van der Waals surface area contributed by atoms with E-state index in [9.17, 15) is 9.59 Å². The van der Waals surface area contributed by atoms with Gasteiger partial charge >= 0.3 is 5.97 Å².